The molecule has 0 unspecified atom stereocenters. The summed E-state index contributed by atoms with van der Waals surface area (Å²) in [4.78, 5) is 34.9. The molecular formula is C21H18N2O6. The summed E-state index contributed by atoms with van der Waals surface area (Å²) in [6, 6.07) is 14.0. The Kier molecular flexibility index (Phi) is 7.51. The van der Waals surface area contributed by atoms with Crippen LogP contribution in [0.4, 0.5) is 5.69 Å². The molecule has 1 amide bonds. The zero-order valence-electron chi connectivity index (χ0n) is 15.5. The van der Waals surface area contributed by atoms with Crippen molar-refractivity contribution >= 4 is 29.6 Å². The van der Waals surface area contributed by atoms with Crippen LogP contribution in [0.1, 0.15) is 22.8 Å². The van der Waals surface area contributed by atoms with Crippen molar-refractivity contribution in [2.45, 2.75) is 6.92 Å². The highest BCUT2D eigenvalue weighted by Gasteiger charge is 2.13. The van der Waals surface area contributed by atoms with Crippen molar-refractivity contribution in [3.63, 3.8) is 0 Å². The van der Waals surface area contributed by atoms with Crippen LogP contribution in [0.3, 0.4) is 0 Å². The molecule has 0 heterocycles. The van der Waals surface area contributed by atoms with Gasteiger partial charge in [-0.2, -0.15) is 5.26 Å². The maximum Gasteiger partial charge on any atom is 0.344 e. The van der Waals surface area contributed by atoms with Crippen LogP contribution in [0.15, 0.2) is 54.1 Å². The second-order valence-electron chi connectivity index (χ2n) is 5.64. The summed E-state index contributed by atoms with van der Waals surface area (Å²) in [5.41, 5.74) is 0.437. The van der Waals surface area contributed by atoms with Gasteiger partial charge in [0.2, 0.25) is 0 Å². The molecule has 2 N–H and O–H groups in total. The number of nitrogens with one attached hydrogen (secondary N) is 1. The quantitative estimate of drug-likeness (QED) is 0.400. The summed E-state index contributed by atoms with van der Waals surface area (Å²) in [6.07, 6.45) is 1.32. The Morgan fingerprint density at radius 1 is 1.17 bits per heavy atom. The molecule has 0 spiro atoms. The summed E-state index contributed by atoms with van der Waals surface area (Å²) in [6.45, 7) is 1.60. The Hall–Kier alpha value is -4.12. The first-order valence-corrected chi connectivity index (χ1v) is 8.58. The molecule has 0 aromatic heterocycles. The summed E-state index contributed by atoms with van der Waals surface area (Å²) >= 11 is 0. The monoisotopic (exact) mass is 394 g/mol. The number of nitriles is 1. The molecule has 2 aromatic rings. The van der Waals surface area contributed by atoms with Crippen LogP contribution in [0, 0.1) is 11.3 Å². The minimum Gasteiger partial charge on any atom is -0.481 e. The van der Waals surface area contributed by atoms with Gasteiger partial charge in [0.05, 0.1) is 12.2 Å². The molecule has 8 nitrogen and oxygen atoms in total. The van der Waals surface area contributed by atoms with Gasteiger partial charge >= 0.3 is 11.9 Å². The van der Waals surface area contributed by atoms with Crippen LogP contribution in [0.5, 0.6) is 5.75 Å². The summed E-state index contributed by atoms with van der Waals surface area (Å²) in [5, 5.41) is 20.9. The molecule has 0 aliphatic rings. The van der Waals surface area contributed by atoms with Gasteiger partial charge in [0.15, 0.2) is 6.61 Å². The molecule has 2 aromatic carbocycles. The predicted octanol–water partition coefficient (Wildman–Crippen LogP) is 2.87. The number of ether oxygens (including phenoxy) is 2. The Balaban J connectivity index is 2.20. The Bertz CT molecular complexity index is 991. The molecule has 0 saturated carbocycles. The van der Waals surface area contributed by atoms with Gasteiger partial charge in [-0.25, -0.2) is 9.59 Å². The lowest BCUT2D eigenvalue weighted by molar-refractivity contribution is -0.145. The number of aromatic carboxylic acids is 1. The average molecular weight is 394 g/mol. The lowest BCUT2D eigenvalue weighted by atomic mass is 10.1. The Morgan fingerprint density at radius 3 is 2.62 bits per heavy atom. The zero-order valence-corrected chi connectivity index (χ0v) is 15.5. The molecule has 0 radical (unpaired) electrons. The number of para-hydroxylation sites is 1. The molecule has 2 rings (SSSR count). The number of anilines is 1. The van der Waals surface area contributed by atoms with E-state index in [4.69, 9.17) is 14.6 Å². The summed E-state index contributed by atoms with van der Waals surface area (Å²) in [5.74, 6) is -2.09. The highest BCUT2D eigenvalue weighted by Crippen LogP contribution is 2.22. The van der Waals surface area contributed by atoms with Crippen molar-refractivity contribution < 1.29 is 29.0 Å². The summed E-state index contributed by atoms with van der Waals surface area (Å²) in [7, 11) is 0. The number of carboxylic acids is 1. The molecule has 0 aliphatic carbocycles. The van der Waals surface area contributed by atoms with Crippen LogP contribution in [0.2, 0.25) is 0 Å². The van der Waals surface area contributed by atoms with Crippen LogP contribution in [0.25, 0.3) is 6.08 Å². The number of amides is 1. The first-order chi connectivity index (χ1) is 13.9. The van der Waals surface area contributed by atoms with E-state index in [0.29, 0.717) is 11.3 Å². The molecular weight excluding hydrogens is 376 g/mol. The minimum absolute atomic E-state index is 0.00278. The number of esters is 1. The van der Waals surface area contributed by atoms with E-state index in [0.717, 1.165) is 0 Å². The largest absolute Gasteiger partial charge is 0.481 e. The topological polar surface area (TPSA) is 126 Å². The van der Waals surface area contributed by atoms with Crippen LogP contribution in [-0.2, 0) is 14.3 Å². The molecule has 0 fully saturated rings. The van der Waals surface area contributed by atoms with E-state index >= 15 is 0 Å². The third-order valence-electron chi connectivity index (χ3n) is 3.60. The zero-order chi connectivity index (χ0) is 21.2. The molecule has 29 heavy (non-hydrogen) atoms. The summed E-state index contributed by atoms with van der Waals surface area (Å²) < 4.78 is 10.2. The van der Waals surface area contributed by atoms with E-state index in [1.807, 2.05) is 0 Å². The van der Waals surface area contributed by atoms with Crippen LogP contribution < -0.4 is 10.1 Å². The van der Waals surface area contributed by atoms with E-state index in [2.05, 4.69) is 5.32 Å². The van der Waals surface area contributed by atoms with E-state index in [1.54, 1.807) is 37.3 Å². The fraction of sp³-hybridized carbons (Fsp3) is 0.143. The average Bonchev–Trinajstić information content (AvgIpc) is 2.71. The fourth-order valence-electron chi connectivity index (χ4n) is 2.30. The van der Waals surface area contributed by atoms with Crippen LogP contribution >= 0.6 is 0 Å². The number of hydrogen-bond donors (Lipinski definition) is 2. The van der Waals surface area contributed by atoms with Crippen molar-refractivity contribution in [2.75, 3.05) is 18.5 Å². The first kappa shape index (κ1) is 21.2. The van der Waals surface area contributed by atoms with Gasteiger partial charge in [-0.3, -0.25) is 4.79 Å². The Morgan fingerprint density at radius 2 is 1.93 bits per heavy atom. The second kappa shape index (κ2) is 10.3. The van der Waals surface area contributed by atoms with Crippen molar-refractivity contribution in [1.82, 2.24) is 0 Å². The third-order valence-corrected chi connectivity index (χ3v) is 3.60. The standard InChI is InChI=1S/C21H18N2O6/c1-2-28-19(24)13-29-18-9-4-3-6-14(18)10-16(12-22)20(25)23-17-8-5-7-15(11-17)21(26)27/h3-11H,2,13H2,1H3,(H,23,25)(H,26,27). The van der Waals surface area contributed by atoms with Gasteiger partial charge in [0.1, 0.15) is 17.4 Å². The maximum atomic E-state index is 12.4. The molecule has 0 atom stereocenters. The van der Waals surface area contributed by atoms with Crippen molar-refractivity contribution in [3.8, 4) is 11.8 Å². The lowest BCUT2D eigenvalue weighted by Crippen LogP contribution is -2.15. The molecule has 0 bridgehead atoms. The highest BCUT2D eigenvalue weighted by atomic mass is 16.6. The van der Waals surface area contributed by atoms with Gasteiger partial charge in [-0.05, 0) is 37.3 Å². The van der Waals surface area contributed by atoms with Crippen molar-refractivity contribution in [2.24, 2.45) is 0 Å². The number of carbonyl (C=O) groups is 3. The van der Waals surface area contributed by atoms with Crippen molar-refractivity contribution in [3.05, 3.63) is 65.2 Å². The van der Waals surface area contributed by atoms with Gasteiger partial charge in [-0.15, -0.1) is 0 Å². The number of carbonyl (C=O) groups excluding carboxylic acids is 2. The first-order valence-electron chi connectivity index (χ1n) is 8.58. The van der Waals surface area contributed by atoms with Gasteiger partial charge in [0.25, 0.3) is 5.91 Å². The third kappa shape index (κ3) is 6.22. The minimum atomic E-state index is -1.13. The SMILES string of the molecule is CCOC(=O)COc1ccccc1C=C(C#N)C(=O)Nc1cccc(C(=O)O)c1. The van der Waals surface area contributed by atoms with E-state index in [1.165, 1.54) is 30.3 Å². The molecule has 0 aliphatic heterocycles. The number of carboxylic acid groups (broad SMARTS) is 1. The normalized spacial score (nSPS) is 10.6. The molecule has 0 saturated heterocycles. The second-order valence-corrected chi connectivity index (χ2v) is 5.64. The van der Waals surface area contributed by atoms with Gasteiger partial charge < -0.3 is 19.9 Å². The van der Waals surface area contributed by atoms with E-state index in [-0.39, 0.29) is 30.0 Å². The van der Waals surface area contributed by atoms with Crippen molar-refractivity contribution in [1.29, 1.82) is 5.26 Å². The highest BCUT2D eigenvalue weighted by molar-refractivity contribution is 6.10. The number of hydrogen-bond acceptors (Lipinski definition) is 6. The van der Waals surface area contributed by atoms with Gasteiger partial charge in [-0.1, -0.05) is 24.3 Å². The van der Waals surface area contributed by atoms with E-state index < -0.39 is 17.8 Å². The number of benzene rings is 2. The number of nitrogens with zero attached hydrogens (tertiary/aromatic N) is 1. The molecule has 148 valence electrons. The van der Waals surface area contributed by atoms with Gasteiger partial charge in [0, 0.05) is 11.3 Å². The smallest absolute Gasteiger partial charge is 0.344 e. The fourth-order valence-corrected chi connectivity index (χ4v) is 2.30. The molecule has 8 heteroatoms. The number of rotatable bonds is 8. The van der Waals surface area contributed by atoms with Crippen LogP contribution in [-0.4, -0.2) is 36.2 Å². The predicted molar refractivity (Wildman–Crippen MR) is 104 cm³/mol. The maximum absolute atomic E-state index is 12.4. The van der Waals surface area contributed by atoms with E-state index in [9.17, 15) is 19.6 Å². The lowest BCUT2D eigenvalue weighted by Gasteiger charge is -2.09. The Labute approximate surface area is 167 Å².